The molecule has 0 radical (unpaired) electrons. The number of carbonyl (C=O) groups excluding carboxylic acids is 1. The monoisotopic (exact) mass is 308 g/mol. The minimum Gasteiger partial charge on any atom is -0.493 e. The Labute approximate surface area is 125 Å². The number of hydrogen-bond acceptors (Lipinski definition) is 5. The number of amides is 1. The van der Waals surface area contributed by atoms with Crippen LogP contribution in [0, 0.1) is 0 Å². The summed E-state index contributed by atoms with van der Waals surface area (Å²) >= 11 is 4.83. The van der Waals surface area contributed by atoms with Crippen LogP contribution in [0.15, 0.2) is 23.9 Å². The van der Waals surface area contributed by atoms with Crippen LogP contribution in [0.1, 0.15) is 5.56 Å². The van der Waals surface area contributed by atoms with Crippen LogP contribution < -0.4 is 20.1 Å². The first-order chi connectivity index (χ1) is 9.99. The van der Waals surface area contributed by atoms with Crippen LogP contribution in [0.3, 0.4) is 0 Å². The molecule has 0 bridgehead atoms. The van der Waals surface area contributed by atoms with Crippen molar-refractivity contribution >= 4 is 35.3 Å². The quantitative estimate of drug-likeness (QED) is 0.538. The first kappa shape index (κ1) is 14.8. The summed E-state index contributed by atoms with van der Waals surface area (Å²) in [5.41, 5.74) is 0.998. The first-order valence-corrected chi connectivity index (χ1v) is 6.27. The molecule has 1 aliphatic rings. The van der Waals surface area contributed by atoms with E-state index in [-0.39, 0.29) is 11.0 Å². The molecule has 1 amide bonds. The average molecular weight is 308 g/mol. The number of thiocarbonyl (C=S) groups is 1. The maximum atomic E-state index is 11.5. The predicted octanol–water partition coefficient (Wildman–Crippen LogP) is 0.504. The van der Waals surface area contributed by atoms with Crippen LogP contribution in [0.4, 0.5) is 0 Å². The summed E-state index contributed by atoms with van der Waals surface area (Å²) in [4.78, 5) is 22.0. The fraction of sp³-hybridized carbons (Fsp3) is 0.154. The van der Waals surface area contributed by atoms with Gasteiger partial charge in [0.1, 0.15) is 5.70 Å². The third kappa shape index (κ3) is 3.69. The van der Waals surface area contributed by atoms with Crippen LogP contribution in [-0.2, 0) is 9.59 Å². The number of carboxylic acid groups (broad SMARTS) is 1. The SMILES string of the molecule is COc1cc(/C=C2\NC(=S)NC2=O)ccc1OCC(=O)O. The molecule has 0 unspecified atom stereocenters. The number of hydrogen-bond donors (Lipinski definition) is 3. The van der Waals surface area contributed by atoms with Crippen molar-refractivity contribution in [2.24, 2.45) is 0 Å². The normalized spacial score (nSPS) is 15.6. The minimum atomic E-state index is -1.08. The highest BCUT2D eigenvalue weighted by molar-refractivity contribution is 7.80. The fourth-order valence-electron chi connectivity index (χ4n) is 1.68. The number of rotatable bonds is 5. The van der Waals surface area contributed by atoms with Crippen LogP contribution in [0.5, 0.6) is 11.5 Å². The van der Waals surface area contributed by atoms with E-state index in [1.807, 2.05) is 0 Å². The first-order valence-electron chi connectivity index (χ1n) is 5.86. The smallest absolute Gasteiger partial charge is 0.341 e. The molecule has 3 N–H and O–H groups in total. The van der Waals surface area contributed by atoms with Gasteiger partial charge in [0.25, 0.3) is 5.91 Å². The Bertz CT molecular complexity index is 641. The van der Waals surface area contributed by atoms with Gasteiger partial charge in [-0.3, -0.25) is 10.1 Å². The van der Waals surface area contributed by atoms with Gasteiger partial charge >= 0.3 is 5.97 Å². The molecule has 1 fully saturated rings. The summed E-state index contributed by atoms with van der Waals surface area (Å²) in [6, 6.07) is 4.86. The Morgan fingerprint density at radius 3 is 2.71 bits per heavy atom. The van der Waals surface area contributed by atoms with Gasteiger partial charge in [0, 0.05) is 0 Å². The van der Waals surface area contributed by atoms with Gasteiger partial charge in [0.05, 0.1) is 7.11 Å². The van der Waals surface area contributed by atoms with Crippen molar-refractivity contribution in [3.8, 4) is 11.5 Å². The Morgan fingerprint density at radius 1 is 1.38 bits per heavy atom. The molecule has 1 aromatic carbocycles. The fourth-order valence-corrected chi connectivity index (χ4v) is 1.88. The van der Waals surface area contributed by atoms with Crippen molar-refractivity contribution in [2.45, 2.75) is 0 Å². The molecule has 1 aliphatic heterocycles. The summed E-state index contributed by atoms with van der Waals surface area (Å²) in [5, 5.41) is 14.0. The van der Waals surface area contributed by atoms with Crippen LogP contribution in [0.2, 0.25) is 0 Å². The predicted molar refractivity (Wildman–Crippen MR) is 78.0 cm³/mol. The zero-order chi connectivity index (χ0) is 15.4. The maximum Gasteiger partial charge on any atom is 0.341 e. The molecule has 0 aromatic heterocycles. The van der Waals surface area contributed by atoms with Crippen molar-refractivity contribution in [1.29, 1.82) is 0 Å². The molecule has 110 valence electrons. The lowest BCUT2D eigenvalue weighted by Gasteiger charge is -2.09. The number of carboxylic acids is 1. The molecule has 21 heavy (non-hydrogen) atoms. The summed E-state index contributed by atoms with van der Waals surface area (Å²) in [6.45, 7) is -0.463. The standard InChI is InChI=1S/C13H12N2O5S/c1-19-10-5-7(2-3-9(10)20-6-11(16)17)4-8-12(18)15-13(21)14-8/h2-5H,6H2,1H3,(H,16,17)(H2,14,15,18,21)/b8-4-. The lowest BCUT2D eigenvalue weighted by Crippen LogP contribution is -2.21. The number of methoxy groups -OCH3 is 1. The molecule has 0 aliphatic carbocycles. The van der Waals surface area contributed by atoms with E-state index in [0.29, 0.717) is 22.8 Å². The lowest BCUT2D eigenvalue weighted by molar-refractivity contribution is -0.139. The zero-order valence-corrected chi connectivity index (χ0v) is 11.8. The summed E-state index contributed by atoms with van der Waals surface area (Å²) in [6.07, 6.45) is 1.60. The van der Waals surface area contributed by atoms with Gasteiger partial charge in [0.15, 0.2) is 23.2 Å². The van der Waals surface area contributed by atoms with Crippen molar-refractivity contribution in [1.82, 2.24) is 10.6 Å². The van der Waals surface area contributed by atoms with E-state index in [9.17, 15) is 9.59 Å². The molecular formula is C13H12N2O5S. The van der Waals surface area contributed by atoms with E-state index >= 15 is 0 Å². The number of ether oxygens (including phenoxy) is 2. The molecule has 0 atom stereocenters. The van der Waals surface area contributed by atoms with Gasteiger partial charge in [-0.15, -0.1) is 0 Å². The molecule has 1 saturated heterocycles. The van der Waals surface area contributed by atoms with E-state index in [2.05, 4.69) is 10.6 Å². The highest BCUT2D eigenvalue weighted by Crippen LogP contribution is 2.28. The molecule has 7 nitrogen and oxygen atoms in total. The zero-order valence-electron chi connectivity index (χ0n) is 11.0. The van der Waals surface area contributed by atoms with Crippen molar-refractivity contribution in [3.63, 3.8) is 0 Å². The second kappa shape index (κ2) is 6.23. The largest absolute Gasteiger partial charge is 0.493 e. The highest BCUT2D eigenvalue weighted by Gasteiger charge is 2.20. The van der Waals surface area contributed by atoms with Crippen molar-refractivity contribution < 1.29 is 24.2 Å². The van der Waals surface area contributed by atoms with Crippen molar-refractivity contribution in [3.05, 3.63) is 29.5 Å². The molecular weight excluding hydrogens is 296 g/mol. The van der Waals surface area contributed by atoms with Crippen LogP contribution in [-0.4, -0.2) is 35.8 Å². The molecule has 0 saturated carbocycles. The van der Waals surface area contributed by atoms with Gasteiger partial charge < -0.3 is 19.9 Å². The van der Waals surface area contributed by atoms with Crippen LogP contribution in [0.25, 0.3) is 6.08 Å². The Kier molecular flexibility index (Phi) is 4.39. The third-order valence-electron chi connectivity index (χ3n) is 2.57. The van der Waals surface area contributed by atoms with E-state index in [0.717, 1.165) is 0 Å². The summed E-state index contributed by atoms with van der Waals surface area (Å²) in [7, 11) is 1.44. The molecule has 1 aromatic rings. The Hall–Kier alpha value is -2.61. The van der Waals surface area contributed by atoms with E-state index < -0.39 is 12.6 Å². The Morgan fingerprint density at radius 2 is 2.14 bits per heavy atom. The van der Waals surface area contributed by atoms with E-state index in [4.69, 9.17) is 26.8 Å². The highest BCUT2D eigenvalue weighted by atomic mass is 32.1. The molecule has 8 heteroatoms. The van der Waals surface area contributed by atoms with Gasteiger partial charge in [-0.2, -0.15) is 0 Å². The topological polar surface area (TPSA) is 96.9 Å². The second-order valence-corrected chi connectivity index (χ2v) is 4.47. The Balaban J connectivity index is 2.23. The summed E-state index contributed by atoms with van der Waals surface area (Å²) < 4.78 is 10.2. The van der Waals surface area contributed by atoms with Crippen LogP contribution >= 0.6 is 12.2 Å². The molecule has 2 rings (SSSR count). The van der Waals surface area contributed by atoms with Gasteiger partial charge in [0.2, 0.25) is 0 Å². The molecule has 0 spiro atoms. The number of carbonyl (C=O) groups is 2. The lowest BCUT2D eigenvalue weighted by atomic mass is 10.1. The number of benzene rings is 1. The summed E-state index contributed by atoms with van der Waals surface area (Å²) in [5.74, 6) is -0.721. The minimum absolute atomic E-state index is 0.250. The number of aliphatic carboxylic acids is 1. The second-order valence-electron chi connectivity index (χ2n) is 4.06. The molecule has 1 heterocycles. The van der Waals surface area contributed by atoms with E-state index in [1.54, 1.807) is 24.3 Å². The van der Waals surface area contributed by atoms with Gasteiger partial charge in [-0.05, 0) is 36.0 Å². The van der Waals surface area contributed by atoms with Gasteiger partial charge in [-0.1, -0.05) is 6.07 Å². The third-order valence-corrected chi connectivity index (χ3v) is 2.77. The van der Waals surface area contributed by atoms with Gasteiger partial charge in [-0.25, -0.2) is 4.79 Å². The maximum absolute atomic E-state index is 11.5. The van der Waals surface area contributed by atoms with E-state index in [1.165, 1.54) is 7.11 Å². The average Bonchev–Trinajstić information content (AvgIpc) is 2.75. The number of nitrogens with one attached hydrogen (secondary N) is 2. The van der Waals surface area contributed by atoms with Crippen molar-refractivity contribution in [2.75, 3.05) is 13.7 Å².